The van der Waals surface area contributed by atoms with Crippen LogP contribution in [0.2, 0.25) is 0 Å². The number of hydrogen-bond acceptors (Lipinski definition) is 4. The lowest BCUT2D eigenvalue weighted by Gasteiger charge is -2.19. The maximum Gasteiger partial charge on any atom is 0.274 e. The SMILES string of the molecule is CCN(CC(N)=S)C(=O)c1cnccn1. The molecule has 0 aliphatic carbocycles. The monoisotopic (exact) mass is 224 g/mol. The number of likely N-dealkylation sites (N-methyl/N-ethyl adjacent to an activating group) is 1. The molecule has 2 N–H and O–H groups in total. The van der Waals surface area contributed by atoms with Gasteiger partial charge in [0.15, 0.2) is 0 Å². The highest BCUT2D eigenvalue weighted by Crippen LogP contribution is 1.99. The van der Waals surface area contributed by atoms with Crippen molar-refractivity contribution in [3.8, 4) is 0 Å². The second-order valence-electron chi connectivity index (χ2n) is 2.88. The summed E-state index contributed by atoms with van der Waals surface area (Å²) in [5.74, 6) is -0.210. The average Bonchev–Trinajstić information content (AvgIpc) is 2.26. The highest BCUT2D eigenvalue weighted by Gasteiger charge is 2.15. The normalized spacial score (nSPS) is 9.67. The van der Waals surface area contributed by atoms with Gasteiger partial charge in [-0.15, -0.1) is 0 Å². The van der Waals surface area contributed by atoms with Crippen LogP contribution in [0.5, 0.6) is 0 Å². The number of hydrogen-bond donors (Lipinski definition) is 1. The van der Waals surface area contributed by atoms with Crippen molar-refractivity contribution in [1.82, 2.24) is 14.9 Å². The number of carbonyl (C=O) groups excluding carboxylic acids is 1. The summed E-state index contributed by atoms with van der Waals surface area (Å²) >= 11 is 4.76. The first-order valence-corrected chi connectivity index (χ1v) is 4.89. The molecule has 0 saturated heterocycles. The summed E-state index contributed by atoms with van der Waals surface area (Å²) in [5.41, 5.74) is 5.69. The van der Waals surface area contributed by atoms with E-state index in [9.17, 15) is 4.79 Å². The number of amides is 1. The standard InChI is InChI=1S/C9H12N4OS/c1-2-13(6-8(10)15)9(14)7-5-11-3-4-12-7/h3-5H,2,6H2,1H3,(H2,10,15). The van der Waals surface area contributed by atoms with Gasteiger partial charge in [-0.3, -0.25) is 9.78 Å². The fourth-order valence-corrected chi connectivity index (χ4v) is 1.24. The van der Waals surface area contributed by atoms with E-state index < -0.39 is 0 Å². The van der Waals surface area contributed by atoms with E-state index in [0.29, 0.717) is 12.2 Å². The average molecular weight is 224 g/mol. The van der Waals surface area contributed by atoms with Crippen LogP contribution in [-0.4, -0.2) is 38.9 Å². The lowest BCUT2D eigenvalue weighted by Crippen LogP contribution is -2.37. The zero-order valence-corrected chi connectivity index (χ0v) is 9.20. The minimum atomic E-state index is -0.210. The Morgan fingerprint density at radius 1 is 1.60 bits per heavy atom. The summed E-state index contributed by atoms with van der Waals surface area (Å²) in [7, 11) is 0. The van der Waals surface area contributed by atoms with Gasteiger partial charge in [0, 0.05) is 18.9 Å². The van der Waals surface area contributed by atoms with Crippen LogP contribution in [0.4, 0.5) is 0 Å². The van der Waals surface area contributed by atoms with E-state index in [1.54, 1.807) is 0 Å². The number of nitrogens with zero attached hydrogens (tertiary/aromatic N) is 3. The van der Waals surface area contributed by atoms with Crippen LogP contribution >= 0.6 is 12.2 Å². The number of aromatic nitrogens is 2. The van der Waals surface area contributed by atoms with Gasteiger partial charge < -0.3 is 10.6 Å². The number of carbonyl (C=O) groups is 1. The number of thiocarbonyl (C=S) groups is 1. The van der Waals surface area contributed by atoms with Crippen LogP contribution < -0.4 is 5.73 Å². The van der Waals surface area contributed by atoms with E-state index >= 15 is 0 Å². The van der Waals surface area contributed by atoms with Crippen LogP contribution in [0.1, 0.15) is 17.4 Å². The molecule has 0 aromatic carbocycles. The van der Waals surface area contributed by atoms with Gasteiger partial charge in [0.25, 0.3) is 5.91 Å². The maximum atomic E-state index is 11.8. The molecular formula is C9H12N4OS. The minimum absolute atomic E-state index is 0.210. The third-order valence-electron chi connectivity index (χ3n) is 1.80. The Hall–Kier alpha value is -1.56. The molecule has 0 spiro atoms. The maximum absolute atomic E-state index is 11.8. The molecular weight excluding hydrogens is 212 g/mol. The predicted octanol–water partition coefficient (Wildman–Crippen LogP) is 0.225. The molecule has 0 unspecified atom stereocenters. The van der Waals surface area contributed by atoms with Crippen molar-refractivity contribution in [1.29, 1.82) is 0 Å². The summed E-state index contributed by atoms with van der Waals surface area (Å²) in [6.45, 7) is 2.65. The fourth-order valence-electron chi connectivity index (χ4n) is 1.09. The third-order valence-corrected chi connectivity index (χ3v) is 1.93. The molecule has 0 atom stereocenters. The van der Waals surface area contributed by atoms with E-state index in [-0.39, 0.29) is 17.4 Å². The van der Waals surface area contributed by atoms with Crippen molar-refractivity contribution in [3.63, 3.8) is 0 Å². The van der Waals surface area contributed by atoms with Crippen molar-refractivity contribution in [2.75, 3.05) is 13.1 Å². The smallest absolute Gasteiger partial charge is 0.274 e. The highest BCUT2D eigenvalue weighted by atomic mass is 32.1. The molecule has 1 aromatic heterocycles. The lowest BCUT2D eigenvalue weighted by atomic mass is 10.3. The van der Waals surface area contributed by atoms with Crippen LogP contribution in [0.25, 0.3) is 0 Å². The van der Waals surface area contributed by atoms with Crippen molar-refractivity contribution >= 4 is 23.1 Å². The molecule has 0 aliphatic rings. The molecule has 15 heavy (non-hydrogen) atoms. The van der Waals surface area contributed by atoms with Crippen molar-refractivity contribution in [2.45, 2.75) is 6.92 Å². The summed E-state index contributed by atoms with van der Waals surface area (Å²) in [6, 6.07) is 0. The van der Waals surface area contributed by atoms with Crippen molar-refractivity contribution in [2.24, 2.45) is 5.73 Å². The van der Waals surface area contributed by atoms with Crippen LogP contribution in [0.15, 0.2) is 18.6 Å². The van der Waals surface area contributed by atoms with Gasteiger partial charge in [-0.05, 0) is 6.92 Å². The Kier molecular flexibility index (Phi) is 4.11. The molecule has 6 heteroatoms. The van der Waals surface area contributed by atoms with E-state index in [2.05, 4.69) is 9.97 Å². The molecule has 0 bridgehead atoms. The van der Waals surface area contributed by atoms with E-state index in [1.165, 1.54) is 23.5 Å². The molecule has 0 fully saturated rings. The lowest BCUT2D eigenvalue weighted by molar-refractivity contribution is 0.0781. The zero-order chi connectivity index (χ0) is 11.3. The summed E-state index contributed by atoms with van der Waals surface area (Å²) < 4.78 is 0. The van der Waals surface area contributed by atoms with Gasteiger partial charge in [-0.25, -0.2) is 4.98 Å². The van der Waals surface area contributed by atoms with Crippen LogP contribution in [-0.2, 0) is 0 Å². The summed E-state index contributed by atoms with van der Waals surface area (Å²) in [5, 5.41) is 0. The first-order valence-electron chi connectivity index (χ1n) is 4.48. The minimum Gasteiger partial charge on any atom is -0.392 e. The van der Waals surface area contributed by atoms with Crippen molar-refractivity contribution < 1.29 is 4.79 Å². The molecule has 1 amide bonds. The quantitative estimate of drug-likeness (QED) is 0.741. The van der Waals surface area contributed by atoms with Crippen molar-refractivity contribution in [3.05, 3.63) is 24.3 Å². The Morgan fingerprint density at radius 3 is 2.80 bits per heavy atom. The van der Waals surface area contributed by atoms with Gasteiger partial charge in [-0.2, -0.15) is 0 Å². The topological polar surface area (TPSA) is 72.1 Å². The molecule has 0 saturated carbocycles. The molecule has 1 heterocycles. The first kappa shape index (κ1) is 11.5. The molecule has 5 nitrogen and oxygen atoms in total. The Balaban J connectivity index is 2.78. The molecule has 0 aliphatic heterocycles. The summed E-state index contributed by atoms with van der Waals surface area (Å²) in [4.78, 5) is 21.4. The Bertz CT molecular complexity index is 354. The van der Waals surface area contributed by atoms with Crippen LogP contribution in [0, 0.1) is 0 Å². The number of rotatable bonds is 4. The second-order valence-corrected chi connectivity index (χ2v) is 3.40. The zero-order valence-electron chi connectivity index (χ0n) is 8.38. The van der Waals surface area contributed by atoms with Gasteiger partial charge in [-0.1, -0.05) is 12.2 Å². The Labute approximate surface area is 93.3 Å². The molecule has 80 valence electrons. The third kappa shape index (κ3) is 3.25. The second kappa shape index (κ2) is 5.35. The van der Waals surface area contributed by atoms with Gasteiger partial charge in [0.2, 0.25) is 0 Å². The largest absolute Gasteiger partial charge is 0.392 e. The van der Waals surface area contributed by atoms with Gasteiger partial charge >= 0.3 is 0 Å². The molecule has 1 rings (SSSR count). The number of nitrogens with two attached hydrogens (primary N) is 1. The Morgan fingerprint density at radius 2 is 2.33 bits per heavy atom. The fraction of sp³-hybridized carbons (Fsp3) is 0.333. The van der Waals surface area contributed by atoms with Gasteiger partial charge in [0.05, 0.1) is 17.7 Å². The van der Waals surface area contributed by atoms with E-state index in [4.69, 9.17) is 18.0 Å². The van der Waals surface area contributed by atoms with E-state index in [1.807, 2.05) is 6.92 Å². The summed E-state index contributed by atoms with van der Waals surface area (Å²) in [6.07, 6.45) is 4.41. The highest BCUT2D eigenvalue weighted by molar-refractivity contribution is 7.80. The molecule has 1 aromatic rings. The van der Waals surface area contributed by atoms with E-state index in [0.717, 1.165) is 0 Å². The van der Waals surface area contributed by atoms with Crippen LogP contribution in [0.3, 0.4) is 0 Å². The molecule has 0 radical (unpaired) electrons. The first-order chi connectivity index (χ1) is 7.15. The predicted molar refractivity (Wildman–Crippen MR) is 60.4 cm³/mol. The van der Waals surface area contributed by atoms with Gasteiger partial charge in [0.1, 0.15) is 5.69 Å².